The van der Waals surface area contributed by atoms with Crippen LogP contribution in [0.4, 0.5) is 5.69 Å². The lowest BCUT2D eigenvalue weighted by Crippen LogP contribution is -2.22. The summed E-state index contributed by atoms with van der Waals surface area (Å²) in [5.41, 5.74) is 0.656. The molecule has 4 aromatic carbocycles. The van der Waals surface area contributed by atoms with E-state index in [1.54, 1.807) is 72.8 Å². The average molecular weight is 476 g/mol. The largest absolute Gasteiger partial charge is 0.508 e. The number of amides is 1. The van der Waals surface area contributed by atoms with Crippen LogP contribution < -0.4 is 10.1 Å². The van der Waals surface area contributed by atoms with Crippen molar-refractivity contribution in [2.45, 2.75) is 14.4 Å². The van der Waals surface area contributed by atoms with E-state index in [0.717, 1.165) is 15.5 Å². The summed E-state index contributed by atoms with van der Waals surface area (Å²) in [6.45, 7) is 0. The highest BCUT2D eigenvalue weighted by atomic mass is 32.2. The molecule has 4 aromatic rings. The number of rotatable bonds is 8. The van der Waals surface area contributed by atoms with Gasteiger partial charge in [0.2, 0.25) is 5.91 Å². The molecule has 7 heteroatoms. The molecule has 0 atom stereocenters. The van der Waals surface area contributed by atoms with Crippen molar-refractivity contribution in [2.24, 2.45) is 0 Å². The number of ether oxygens (including phenoxy) is 1. The summed E-state index contributed by atoms with van der Waals surface area (Å²) in [7, 11) is 0. The van der Waals surface area contributed by atoms with Gasteiger partial charge in [0.25, 0.3) is 0 Å². The zero-order valence-corrected chi connectivity index (χ0v) is 19.1. The molecule has 0 fully saturated rings. The van der Waals surface area contributed by atoms with Gasteiger partial charge in [-0.2, -0.15) is 0 Å². The number of nitrogens with one attached hydrogen (secondary N) is 1. The molecule has 5 nitrogen and oxygen atoms in total. The second-order valence-electron chi connectivity index (χ2n) is 6.98. The SMILES string of the molecule is O=C(Nc1ccc(Oc2ccccc2)cc1)C(Sc1ccc(O)cc1)Sc1ccc(O)cc1. The third-order valence-corrected chi connectivity index (χ3v) is 7.00. The number of aromatic hydroxyl groups is 2. The van der Waals surface area contributed by atoms with Gasteiger partial charge >= 0.3 is 0 Å². The first-order chi connectivity index (χ1) is 16.0. The van der Waals surface area contributed by atoms with E-state index in [4.69, 9.17) is 4.74 Å². The van der Waals surface area contributed by atoms with Crippen molar-refractivity contribution in [1.82, 2.24) is 0 Å². The molecular weight excluding hydrogens is 454 g/mol. The van der Waals surface area contributed by atoms with Gasteiger partial charge in [-0.05, 0) is 84.9 Å². The van der Waals surface area contributed by atoms with Crippen molar-refractivity contribution in [3.8, 4) is 23.0 Å². The average Bonchev–Trinajstić information content (AvgIpc) is 2.83. The van der Waals surface area contributed by atoms with Crippen LogP contribution >= 0.6 is 23.5 Å². The number of hydrogen-bond donors (Lipinski definition) is 3. The van der Waals surface area contributed by atoms with E-state index in [1.165, 1.54) is 23.5 Å². The Balaban J connectivity index is 1.46. The van der Waals surface area contributed by atoms with Gasteiger partial charge in [-0.25, -0.2) is 0 Å². The van der Waals surface area contributed by atoms with Crippen LogP contribution in [-0.4, -0.2) is 20.7 Å². The van der Waals surface area contributed by atoms with Crippen molar-refractivity contribution in [1.29, 1.82) is 0 Å². The lowest BCUT2D eigenvalue weighted by Gasteiger charge is -2.17. The minimum absolute atomic E-state index is 0.171. The van der Waals surface area contributed by atoms with Gasteiger partial charge < -0.3 is 20.3 Å². The zero-order valence-electron chi connectivity index (χ0n) is 17.4. The predicted molar refractivity (Wildman–Crippen MR) is 133 cm³/mol. The fraction of sp³-hybridized carbons (Fsp3) is 0.0385. The van der Waals surface area contributed by atoms with Gasteiger partial charge in [0.05, 0.1) is 0 Å². The maximum Gasteiger partial charge on any atom is 0.248 e. The molecule has 33 heavy (non-hydrogen) atoms. The Labute approximate surface area is 200 Å². The van der Waals surface area contributed by atoms with Crippen molar-refractivity contribution in [2.75, 3.05) is 5.32 Å². The minimum atomic E-state index is -0.501. The van der Waals surface area contributed by atoms with Crippen LogP contribution in [-0.2, 0) is 4.79 Å². The monoisotopic (exact) mass is 475 g/mol. The van der Waals surface area contributed by atoms with Gasteiger partial charge in [-0.15, -0.1) is 23.5 Å². The Bertz CT molecular complexity index is 1130. The molecule has 0 radical (unpaired) electrons. The number of para-hydroxylation sites is 1. The zero-order chi connectivity index (χ0) is 23.0. The first kappa shape index (κ1) is 22.6. The Morgan fingerprint density at radius 1 is 0.667 bits per heavy atom. The lowest BCUT2D eigenvalue weighted by atomic mass is 10.3. The van der Waals surface area contributed by atoms with Crippen molar-refractivity contribution in [3.63, 3.8) is 0 Å². The Morgan fingerprint density at radius 3 is 1.67 bits per heavy atom. The third kappa shape index (κ3) is 6.71. The van der Waals surface area contributed by atoms with E-state index < -0.39 is 4.58 Å². The molecule has 0 aromatic heterocycles. The van der Waals surface area contributed by atoms with E-state index in [-0.39, 0.29) is 17.4 Å². The van der Waals surface area contributed by atoms with E-state index in [1.807, 2.05) is 30.3 Å². The third-order valence-electron chi connectivity index (χ3n) is 4.47. The minimum Gasteiger partial charge on any atom is -0.508 e. The molecule has 4 rings (SSSR count). The Morgan fingerprint density at radius 2 is 1.15 bits per heavy atom. The van der Waals surface area contributed by atoms with Crippen LogP contribution in [0.25, 0.3) is 0 Å². The maximum atomic E-state index is 13.1. The van der Waals surface area contributed by atoms with Gasteiger partial charge in [-0.1, -0.05) is 18.2 Å². The number of phenolic OH excluding ortho intramolecular Hbond substituents is 2. The van der Waals surface area contributed by atoms with Gasteiger partial charge in [0.1, 0.15) is 27.6 Å². The van der Waals surface area contributed by atoms with Crippen molar-refractivity contribution < 1.29 is 19.7 Å². The second kappa shape index (κ2) is 10.8. The van der Waals surface area contributed by atoms with Crippen LogP contribution in [0.5, 0.6) is 23.0 Å². The fourth-order valence-corrected chi connectivity index (χ4v) is 5.13. The van der Waals surface area contributed by atoms with Crippen molar-refractivity contribution in [3.05, 3.63) is 103 Å². The number of benzene rings is 4. The summed E-state index contributed by atoms with van der Waals surface area (Å²) < 4.78 is 5.30. The maximum absolute atomic E-state index is 13.1. The van der Waals surface area contributed by atoms with E-state index >= 15 is 0 Å². The highest BCUT2D eigenvalue weighted by molar-refractivity contribution is 8.18. The van der Waals surface area contributed by atoms with Gasteiger partial charge in [0, 0.05) is 15.5 Å². The van der Waals surface area contributed by atoms with E-state index in [9.17, 15) is 15.0 Å². The first-order valence-corrected chi connectivity index (χ1v) is 11.9. The van der Waals surface area contributed by atoms with Gasteiger partial charge in [-0.3, -0.25) is 4.79 Å². The number of thioether (sulfide) groups is 2. The molecule has 1 amide bonds. The van der Waals surface area contributed by atoms with Crippen LogP contribution in [0.1, 0.15) is 0 Å². The molecule has 0 saturated heterocycles. The predicted octanol–water partition coefficient (Wildman–Crippen LogP) is 6.74. The molecule has 0 heterocycles. The van der Waals surface area contributed by atoms with Crippen LogP contribution in [0.15, 0.2) is 113 Å². The summed E-state index contributed by atoms with van der Waals surface area (Å²) in [5.74, 6) is 1.58. The van der Waals surface area contributed by atoms with E-state index in [0.29, 0.717) is 11.4 Å². The molecular formula is C26H21NO4S2. The van der Waals surface area contributed by atoms with Crippen LogP contribution in [0.2, 0.25) is 0 Å². The molecule has 0 unspecified atom stereocenters. The van der Waals surface area contributed by atoms with Crippen molar-refractivity contribution >= 4 is 35.1 Å². The normalized spacial score (nSPS) is 10.7. The highest BCUT2D eigenvalue weighted by Gasteiger charge is 2.22. The smallest absolute Gasteiger partial charge is 0.248 e. The summed E-state index contributed by atoms with van der Waals surface area (Å²) in [6, 6.07) is 30.1. The molecule has 166 valence electrons. The standard InChI is InChI=1S/C26H21NO4S2/c28-19-8-14-23(15-9-19)32-26(33-24-16-10-20(29)11-17-24)25(30)27-18-6-12-22(13-7-18)31-21-4-2-1-3-5-21/h1-17,26,28-29H,(H,27,30). The fourth-order valence-electron chi connectivity index (χ4n) is 2.86. The number of anilines is 1. The summed E-state index contributed by atoms with van der Waals surface area (Å²) in [6.07, 6.45) is 0. The topological polar surface area (TPSA) is 78.8 Å². The first-order valence-electron chi connectivity index (χ1n) is 10.1. The Hall–Kier alpha value is -3.55. The van der Waals surface area contributed by atoms with Gasteiger partial charge in [0.15, 0.2) is 0 Å². The molecule has 0 bridgehead atoms. The second-order valence-corrected chi connectivity index (χ2v) is 9.64. The Kier molecular flexibility index (Phi) is 7.44. The van der Waals surface area contributed by atoms with Crippen LogP contribution in [0.3, 0.4) is 0 Å². The summed E-state index contributed by atoms with van der Waals surface area (Å²) in [4.78, 5) is 14.9. The quantitative estimate of drug-likeness (QED) is 0.193. The number of carbonyl (C=O) groups is 1. The summed E-state index contributed by atoms with van der Waals surface area (Å²) >= 11 is 2.76. The molecule has 0 aliphatic rings. The molecule has 0 spiro atoms. The number of phenols is 2. The van der Waals surface area contributed by atoms with E-state index in [2.05, 4.69) is 5.32 Å². The molecule has 0 aliphatic carbocycles. The summed E-state index contributed by atoms with van der Waals surface area (Å²) in [5, 5.41) is 22.0. The molecule has 0 saturated carbocycles. The lowest BCUT2D eigenvalue weighted by molar-refractivity contribution is -0.114. The molecule has 3 N–H and O–H groups in total. The number of hydrogen-bond acceptors (Lipinski definition) is 6. The molecule has 0 aliphatic heterocycles. The van der Waals surface area contributed by atoms with Crippen LogP contribution in [0, 0.1) is 0 Å². The highest BCUT2D eigenvalue weighted by Crippen LogP contribution is 2.37. The number of carbonyl (C=O) groups excluding carboxylic acids is 1.